The fraction of sp³-hybridized carbons (Fsp3) is 0.312. The Hall–Kier alpha value is -2.07. The lowest BCUT2D eigenvalue weighted by molar-refractivity contribution is 0.279. The molecule has 0 aliphatic heterocycles. The van der Waals surface area contributed by atoms with Gasteiger partial charge in [-0.2, -0.15) is 0 Å². The van der Waals surface area contributed by atoms with Gasteiger partial charge >= 0.3 is 0 Å². The number of aromatic nitrogens is 1. The summed E-state index contributed by atoms with van der Waals surface area (Å²) in [4.78, 5) is 4.40. The molecule has 2 aromatic rings. The number of aliphatic hydroxyl groups is 1. The lowest BCUT2D eigenvalue weighted by Gasteiger charge is -2.20. The zero-order valence-electron chi connectivity index (χ0n) is 11.7. The van der Waals surface area contributed by atoms with Gasteiger partial charge in [-0.25, -0.2) is 0 Å². The number of benzene rings is 1. The number of methoxy groups -OCH3 is 2. The fourth-order valence-electron chi connectivity index (χ4n) is 2.36. The summed E-state index contributed by atoms with van der Waals surface area (Å²) in [5.74, 6) is 1.36. The Bertz CT molecular complexity index is 543. The van der Waals surface area contributed by atoms with Crippen LogP contribution in [0.4, 0.5) is 0 Å². The third-order valence-corrected chi connectivity index (χ3v) is 3.27. The smallest absolute Gasteiger partial charge is 0.164 e. The minimum Gasteiger partial charge on any atom is -0.493 e. The topological polar surface area (TPSA) is 51.6 Å². The van der Waals surface area contributed by atoms with Gasteiger partial charge in [0.2, 0.25) is 0 Å². The lowest BCUT2D eigenvalue weighted by Crippen LogP contribution is -2.08. The number of para-hydroxylation sites is 1. The van der Waals surface area contributed by atoms with Crippen LogP contribution in [0.2, 0.25) is 0 Å². The molecular formula is C16H19NO3. The van der Waals surface area contributed by atoms with E-state index in [0.29, 0.717) is 17.9 Å². The van der Waals surface area contributed by atoms with Crippen molar-refractivity contribution in [2.75, 3.05) is 20.8 Å². The second-order valence-electron chi connectivity index (χ2n) is 4.40. The van der Waals surface area contributed by atoms with Crippen LogP contribution in [0.5, 0.6) is 11.5 Å². The molecule has 1 aromatic heterocycles. The average molecular weight is 273 g/mol. The van der Waals surface area contributed by atoms with Crippen molar-refractivity contribution >= 4 is 0 Å². The summed E-state index contributed by atoms with van der Waals surface area (Å²) in [5, 5.41) is 9.35. The standard InChI is InChI=1S/C16H19NO3/c1-19-15-8-5-6-13(16(15)20-2)12(9-11-18)14-7-3-4-10-17-14/h3-8,10,12,18H,9,11H2,1-2H3. The van der Waals surface area contributed by atoms with Crippen LogP contribution >= 0.6 is 0 Å². The summed E-state index contributed by atoms with van der Waals surface area (Å²) >= 11 is 0. The first kappa shape index (κ1) is 14.3. The molecule has 4 heteroatoms. The van der Waals surface area contributed by atoms with Crippen LogP contribution in [0.3, 0.4) is 0 Å². The zero-order valence-corrected chi connectivity index (χ0v) is 11.7. The molecule has 0 radical (unpaired) electrons. The third kappa shape index (κ3) is 2.91. The minimum absolute atomic E-state index is 0.0220. The summed E-state index contributed by atoms with van der Waals surface area (Å²) in [6, 6.07) is 11.5. The van der Waals surface area contributed by atoms with Crippen LogP contribution in [0.1, 0.15) is 23.6 Å². The van der Waals surface area contributed by atoms with E-state index in [1.807, 2.05) is 36.4 Å². The van der Waals surface area contributed by atoms with Crippen molar-refractivity contribution in [1.82, 2.24) is 4.98 Å². The maximum atomic E-state index is 9.35. The number of nitrogens with zero attached hydrogens (tertiary/aromatic N) is 1. The minimum atomic E-state index is -0.0220. The van der Waals surface area contributed by atoms with Gasteiger partial charge in [0.1, 0.15) is 0 Å². The monoisotopic (exact) mass is 273 g/mol. The van der Waals surface area contributed by atoms with Crippen molar-refractivity contribution < 1.29 is 14.6 Å². The summed E-state index contributed by atoms with van der Waals surface area (Å²) in [5.41, 5.74) is 1.88. The van der Waals surface area contributed by atoms with Crippen molar-refractivity contribution in [2.45, 2.75) is 12.3 Å². The van der Waals surface area contributed by atoms with E-state index in [4.69, 9.17) is 9.47 Å². The van der Waals surface area contributed by atoms with E-state index >= 15 is 0 Å². The highest BCUT2D eigenvalue weighted by Crippen LogP contribution is 2.39. The highest BCUT2D eigenvalue weighted by Gasteiger charge is 2.21. The quantitative estimate of drug-likeness (QED) is 0.879. The zero-order chi connectivity index (χ0) is 14.4. The number of rotatable bonds is 6. The van der Waals surface area contributed by atoms with E-state index in [-0.39, 0.29) is 12.5 Å². The van der Waals surface area contributed by atoms with Crippen LogP contribution in [0, 0.1) is 0 Å². The van der Waals surface area contributed by atoms with Crippen molar-refractivity contribution in [2.24, 2.45) is 0 Å². The first-order chi connectivity index (χ1) is 9.81. The largest absolute Gasteiger partial charge is 0.493 e. The summed E-state index contributed by atoms with van der Waals surface area (Å²) in [6.45, 7) is 0.0849. The molecule has 1 unspecified atom stereocenters. The Morgan fingerprint density at radius 1 is 1.10 bits per heavy atom. The highest BCUT2D eigenvalue weighted by molar-refractivity contribution is 5.50. The predicted octanol–water partition coefficient (Wildman–Crippen LogP) is 2.61. The SMILES string of the molecule is COc1cccc(C(CCO)c2ccccn2)c1OC. The third-order valence-electron chi connectivity index (χ3n) is 3.27. The normalized spacial score (nSPS) is 11.9. The number of ether oxygens (including phenoxy) is 2. The van der Waals surface area contributed by atoms with Gasteiger partial charge in [-0.05, 0) is 24.6 Å². The Labute approximate surface area is 119 Å². The second kappa shape index (κ2) is 6.91. The van der Waals surface area contributed by atoms with Gasteiger partial charge in [0.25, 0.3) is 0 Å². The van der Waals surface area contributed by atoms with Crippen molar-refractivity contribution in [3.63, 3.8) is 0 Å². The summed E-state index contributed by atoms with van der Waals surface area (Å²) in [6.07, 6.45) is 2.34. The van der Waals surface area contributed by atoms with E-state index in [1.165, 1.54) is 0 Å². The molecule has 1 atom stereocenters. The molecule has 0 bridgehead atoms. The summed E-state index contributed by atoms with van der Waals surface area (Å²) < 4.78 is 10.8. The first-order valence-electron chi connectivity index (χ1n) is 6.54. The molecule has 0 fully saturated rings. The molecule has 0 saturated carbocycles. The van der Waals surface area contributed by atoms with Gasteiger partial charge in [-0.3, -0.25) is 4.98 Å². The molecular weight excluding hydrogens is 254 g/mol. The molecule has 0 aliphatic carbocycles. The van der Waals surface area contributed by atoms with Crippen molar-refractivity contribution in [1.29, 1.82) is 0 Å². The molecule has 0 spiro atoms. The molecule has 0 aliphatic rings. The van der Waals surface area contributed by atoms with Crippen molar-refractivity contribution in [3.8, 4) is 11.5 Å². The Kier molecular flexibility index (Phi) is 4.96. The molecule has 20 heavy (non-hydrogen) atoms. The Morgan fingerprint density at radius 2 is 1.95 bits per heavy atom. The van der Waals surface area contributed by atoms with E-state index in [0.717, 1.165) is 11.3 Å². The van der Waals surface area contributed by atoms with Gasteiger partial charge in [0, 0.05) is 30.0 Å². The molecule has 2 rings (SSSR count). The van der Waals surface area contributed by atoms with E-state index in [1.54, 1.807) is 20.4 Å². The number of aliphatic hydroxyl groups excluding tert-OH is 1. The number of hydrogen-bond acceptors (Lipinski definition) is 4. The number of pyridine rings is 1. The molecule has 106 valence electrons. The van der Waals surface area contributed by atoms with Crippen LogP contribution in [-0.4, -0.2) is 30.9 Å². The molecule has 1 heterocycles. The van der Waals surface area contributed by atoms with Crippen LogP contribution < -0.4 is 9.47 Å². The molecule has 0 amide bonds. The maximum Gasteiger partial charge on any atom is 0.164 e. The van der Waals surface area contributed by atoms with Gasteiger partial charge < -0.3 is 14.6 Å². The predicted molar refractivity (Wildman–Crippen MR) is 77.3 cm³/mol. The maximum absolute atomic E-state index is 9.35. The van der Waals surface area contributed by atoms with E-state index < -0.39 is 0 Å². The van der Waals surface area contributed by atoms with Crippen LogP contribution in [0.25, 0.3) is 0 Å². The van der Waals surface area contributed by atoms with E-state index in [9.17, 15) is 5.11 Å². The molecule has 1 N–H and O–H groups in total. The van der Waals surface area contributed by atoms with Crippen LogP contribution in [-0.2, 0) is 0 Å². The first-order valence-corrected chi connectivity index (χ1v) is 6.54. The second-order valence-corrected chi connectivity index (χ2v) is 4.40. The Morgan fingerprint density at radius 3 is 2.55 bits per heavy atom. The van der Waals surface area contributed by atoms with Gasteiger partial charge in [0.15, 0.2) is 11.5 Å². The van der Waals surface area contributed by atoms with Gasteiger partial charge in [-0.1, -0.05) is 18.2 Å². The highest BCUT2D eigenvalue weighted by atomic mass is 16.5. The van der Waals surface area contributed by atoms with Gasteiger partial charge in [-0.15, -0.1) is 0 Å². The van der Waals surface area contributed by atoms with Crippen LogP contribution in [0.15, 0.2) is 42.6 Å². The average Bonchev–Trinajstić information content (AvgIpc) is 2.52. The summed E-state index contributed by atoms with van der Waals surface area (Å²) in [7, 11) is 3.24. The number of hydrogen-bond donors (Lipinski definition) is 1. The lowest BCUT2D eigenvalue weighted by atomic mass is 9.91. The van der Waals surface area contributed by atoms with Gasteiger partial charge in [0.05, 0.1) is 14.2 Å². The molecule has 0 saturated heterocycles. The Balaban J connectivity index is 2.49. The molecule has 4 nitrogen and oxygen atoms in total. The van der Waals surface area contributed by atoms with Crippen molar-refractivity contribution in [3.05, 3.63) is 53.9 Å². The fourth-order valence-corrected chi connectivity index (χ4v) is 2.36. The van der Waals surface area contributed by atoms with E-state index in [2.05, 4.69) is 4.98 Å². The molecule has 1 aromatic carbocycles.